The van der Waals surface area contributed by atoms with E-state index >= 15 is 0 Å². The number of hydrogen-bond donors (Lipinski definition) is 1. The van der Waals surface area contributed by atoms with E-state index in [1.807, 2.05) is 6.07 Å². The summed E-state index contributed by atoms with van der Waals surface area (Å²) in [6.45, 7) is 4.30. The summed E-state index contributed by atoms with van der Waals surface area (Å²) in [6.07, 6.45) is 1.81. The lowest BCUT2D eigenvalue weighted by Gasteiger charge is -2.29. The number of amides is 1. The molecule has 1 aliphatic heterocycles. The first-order valence-electron chi connectivity index (χ1n) is 8.07. The highest BCUT2D eigenvalue weighted by Crippen LogP contribution is 2.23. The fourth-order valence-electron chi connectivity index (χ4n) is 3.07. The summed E-state index contributed by atoms with van der Waals surface area (Å²) in [6, 6.07) is 11.0. The van der Waals surface area contributed by atoms with Gasteiger partial charge in [0.2, 0.25) is 5.91 Å². The monoisotopic (exact) mass is 346 g/mol. The van der Waals surface area contributed by atoms with Crippen LogP contribution in [0.25, 0.3) is 0 Å². The molecule has 0 saturated carbocycles. The second-order valence-electron chi connectivity index (χ2n) is 6.19. The van der Waals surface area contributed by atoms with Crippen LogP contribution in [-0.2, 0) is 24.2 Å². The molecule has 0 radical (unpaired) electrons. The van der Waals surface area contributed by atoms with Crippen molar-refractivity contribution in [3.8, 4) is 0 Å². The third kappa shape index (κ3) is 4.13. The second-order valence-corrected chi connectivity index (χ2v) is 6.60. The first-order chi connectivity index (χ1) is 11.5. The minimum absolute atomic E-state index is 0.0506. The molecule has 1 N–H and O–H groups in total. The highest BCUT2D eigenvalue weighted by molar-refractivity contribution is 6.30. The molecule has 1 heterocycles. The Morgan fingerprint density at radius 1 is 1.25 bits per heavy atom. The number of fused-ring (bicyclic) bond motifs is 1. The first kappa shape index (κ1) is 16.9. The Bertz CT molecular complexity index is 763. The number of carbonyl (C=O) groups is 1. The van der Waals surface area contributed by atoms with Crippen molar-refractivity contribution < 1.29 is 9.18 Å². The van der Waals surface area contributed by atoms with Crippen LogP contribution >= 0.6 is 11.6 Å². The molecule has 5 heteroatoms. The highest BCUT2D eigenvalue weighted by atomic mass is 35.5. The summed E-state index contributed by atoms with van der Waals surface area (Å²) in [5.41, 5.74) is 4.50. The van der Waals surface area contributed by atoms with Gasteiger partial charge in [0, 0.05) is 32.2 Å². The van der Waals surface area contributed by atoms with Crippen LogP contribution in [-0.4, -0.2) is 23.9 Å². The van der Waals surface area contributed by atoms with Gasteiger partial charge in [-0.3, -0.25) is 9.69 Å². The van der Waals surface area contributed by atoms with E-state index in [1.165, 1.54) is 24.1 Å². The SMILES string of the molecule is CC(=O)Nc1ccc2c(c1)CCN(CCc1ccc(F)c(Cl)c1)C2. The van der Waals surface area contributed by atoms with Crippen molar-refractivity contribution in [3.05, 3.63) is 63.9 Å². The fourth-order valence-corrected chi connectivity index (χ4v) is 3.27. The number of benzene rings is 2. The van der Waals surface area contributed by atoms with Crippen molar-refractivity contribution in [3.63, 3.8) is 0 Å². The van der Waals surface area contributed by atoms with Gasteiger partial charge < -0.3 is 5.32 Å². The zero-order chi connectivity index (χ0) is 17.1. The Kier molecular flexibility index (Phi) is 5.17. The molecule has 0 fully saturated rings. The number of halogens is 2. The second kappa shape index (κ2) is 7.32. The third-order valence-corrected chi connectivity index (χ3v) is 4.61. The average molecular weight is 347 g/mol. The zero-order valence-corrected chi connectivity index (χ0v) is 14.4. The predicted molar refractivity (Wildman–Crippen MR) is 94.8 cm³/mol. The van der Waals surface area contributed by atoms with E-state index in [0.717, 1.165) is 43.7 Å². The van der Waals surface area contributed by atoms with Crippen LogP contribution in [0.4, 0.5) is 10.1 Å². The quantitative estimate of drug-likeness (QED) is 0.906. The van der Waals surface area contributed by atoms with E-state index in [2.05, 4.69) is 22.3 Å². The molecule has 1 amide bonds. The molecular weight excluding hydrogens is 327 g/mol. The van der Waals surface area contributed by atoms with Crippen LogP contribution in [0.15, 0.2) is 36.4 Å². The van der Waals surface area contributed by atoms with E-state index in [0.29, 0.717) is 0 Å². The van der Waals surface area contributed by atoms with Gasteiger partial charge in [0.05, 0.1) is 5.02 Å². The van der Waals surface area contributed by atoms with Crippen molar-refractivity contribution >= 4 is 23.2 Å². The van der Waals surface area contributed by atoms with E-state index < -0.39 is 0 Å². The van der Waals surface area contributed by atoms with Crippen molar-refractivity contribution in [2.75, 3.05) is 18.4 Å². The molecule has 2 aromatic rings. The highest BCUT2D eigenvalue weighted by Gasteiger charge is 2.16. The van der Waals surface area contributed by atoms with E-state index in [4.69, 9.17) is 11.6 Å². The van der Waals surface area contributed by atoms with Crippen LogP contribution < -0.4 is 5.32 Å². The van der Waals surface area contributed by atoms with Gasteiger partial charge in [0.1, 0.15) is 5.82 Å². The normalized spacial score (nSPS) is 14.3. The molecule has 0 aromatic heterocycles. The van der Waals surface area contributed by atoms with E-state index in [1.54, 1.807) is 12.1 Å². The van der Waals surface area contributed by atoms with E-state index in [9.17, 15) is 9.18 Å². The largest absolute Gasteiger partial charge is 0.326 e. The minimum atomic E-state index is -0.373. The van der Waals surface area contributed by atoms with Gasteiger partial charge in [-0.15, -0.1) is 0 Å². The molecule has 0 unspecified atom stereocenters. The van der Waals surface area contributed by atoms with Gasteiger partial charge in [-0.25, -0.2) is 4.39 Å². The molecule has 0 spiro atoms. The van der Waals surface area contributed by atoms with Crippen LogP contribution in [0, 0.1) is 5.82 Å². The Morgan fingerprint density at radius 3 is 2.83 bits per heavy atom. The maximum absolute atomic E-state index is 13.2. The van der Waals surface area contributed by atoms with Crippen LogP contribution in [0.5, 0.6) is 0 Å². The van der Waals surface area contributed by atoms with Crippen LogP contribution in [0.1, 0.15) is 23.6 Å². The Balaban J connectivity index is 1.60. The summed E-state index contributed by atoms with van der Waals surface area (Å²) in [5.74, 6) is -0.423. The smallest absolute Gasteiger partial charge is 0.221 e. The van der Waals surface area contributed by atoms with Gasteiger partial charge >= 0.3 is 0 Å². The summed E-state index contributed by atoms with van der Waals surface area (Å²) < 4.78 is 13.2. The summed E-state index contributed by atoms with van der Waals surface area (Å²) >= 11 is 5.83. The number of carbonyl (C=O) groups excluding carboxylic acids is 1. The van der Waals surface area contributed by atoms with Gasteiger partial charge in [0.25, 0.3) is 0 Å². The average Bonchev–Trinajstić information content (AvgIpc) is 2.55. The number of rotatable bonds is 4. The lowest BCUT2D eigenvalue weighted by atomic mass is 9.98. The maximum atomic E-state index is 13.2. The van der Waals surface area contributed by atoms with Gasteiger partial charge in [-0.1, -0.05) is 23.7 Å². The summed E-state index contributed by atoms with van der Waals surface area (Å²) in [7, 11) is 0. The third-order valence-electron chi connectivity index (χ3n) is 4.32. The minimum Gasteiger partial charge on any atom is -0.326 e. The van der Waals surface area contributed by atoms with Gasteiger partial charge in [0.15, 0.2) is 0 Å². The standard InChI is InChI=1S/C19H20ClFN2O/c1-13(24)22-17-4-3-16-12-23(9-7-15(16)11-17)8-6-14-2-5-19(21)18(20)10-14/h2-5,10-11H,6-9,12H2,1H3,(H,22,24). The lowest BCUT2D eigenvalue weighted by Crippen LogP contribution is -2.32. The number of hydrogen-bond acceptors (Lipinski definition) is 2. The summed E-state index contributed by atoms with van der Waals surface area (Å²) in [4.78, 5) is 13.5. The number of nitrogens with one attached hydrogen (secondary N) is 1. The molecule has 0 aliphatic carbocycles. The number of nitrogens with zero attached hydrogens (tertiary/aromatic N) is 1. The fraction of sp³-hybridized carbons (Fsp3) is 0.316. The van der Waals surface area contributed by atoms with E-state index in [-0.39, 0.29) is 16.7 Å². The number of anilines is 1. The molecule has 1 aliphatic rings. The predicted octanol–water partition coefficient (Wildman–Crippen LogP) is 4.04. The topological polar surface area (TPSA) is 32.3 Å². The maximum Gasteiger partial charge on any atom is 0.221 e. The Morgan fingerprint density at radius 2 is 2.08 bits per heavy atom. The first-order valence-corrected chi connectivity index (χ1v) is 8.45. The summed E-state index contributed by atoms with van der Waals surface area (Å²) in [5, 5.41) is 3.01. The van der Waals surface area contributed by atoms with Gasteiger partial charge in [-0.2, -0.15) is 0 Å². The Labute approximate surface area is 146 Å². The molecule has 2 aromatic carbocycles. The van der Waals surface area contributed by atoms with Gasteiger partial charge in [-0.05, 0) is 53.8 Å². The molecule has 126 valence electrons. The lowest BCUT2D eigenvalue weighted by molar-refractivity contribution is -0.114. The zero-order valence-electron chi connectivity index (χ0n) is 13.6. The van der Waals surface area contributed by atoms with Crippen molar-refractivity contribution in [2.24, 2.45) is 0 Å². The van der Waals surface area contributed by atoms with Crippen LogP contribution in [0.3, 0.4) is 0 Å². The van der Waals surface area contributed by atoms with Crippen molar-refractivity contribution in [1.82, 2.24) is 4.90 Å². The molecule has 0 bridgehead atoms. The molecule has 3 rings (SSSR count). The molecular formula is C19H20ClFN2O. The van der Waals surface area contributed by atoms with Crippen LogP contribution in [0.2, 0.25) is 5.02 Å². The molecule has 3 nitrogen and oxygen atoms in total. The molecule has 0 atom stereocenters. The molecule has 0 saturated heterocycles. The van der Waals surface area contributed by atoms with Crippen molar-refractivity contribution in [1.29, 1.82) is 0 Å². The molecule has 24 heavy (non-hydrogen) atoms. The van der Waals surface area contributed by atoms with Crippen molar-refractivity contribution in [2.45, 2.75) is 26.3 Å². The Hall–Kier alpha value is -1.91.